The fraction of sp³-hybridized carbons (Fsp3) is 0.0909. The van der Waals surface area contributed by atoms with Crippen LogP contribution in [-0.4, -0.2) is 11.8 Å². The smallest absolute Gasteiger partial charge is 0.255 e. The standard InChI is InChI=1S/C11H10N2O2/c14-10-6-8(11(15)13-10)7-12-9-4-2-1-3-5-9/h1-5,7,12H,6H2,(H,13,14,15)/b8-7-. The zero-order valence-corrected chi connectivity index (χ0v) is 7.99. The third-order valence-corrected chi connectivity index (χ3v) is 2.08. The van der Waals surface area contributed by atoms with Crippen LogP contribution >= 0.6 is 0 Å². The number of hydrogen-bond acceptors (Lipinski definition) is 3. The maximum Gasteiger partial charge on any atom is 0.255 e. The second-order valence-electron chi connectivity index (χ2n) is 3.23. The van der Waals surface area contributed by atoms with Gasteiger partial charge in [-0.25, -0.2) is 0 Å². The highest BCUT2D eigenvalue weighted by Crippen LogP contribution is 2.11. The minimum atomic E-state index is -0.316. The Morgan fingerprint density at radius 3 is 2.53 bits per heavy atom. The van der Waals surface area contributed by atoms with Crippen molar-refractivity contribution >= 4 is 17.5 Å². The molecule has 1 aromatic rings. The molecule has 1 aromatic carbocycles. The number of amides is 2. The molecular weight excluding hydrogens is 192 g/mol. The van der Waals surface area contributed by atoms with Crippen molar-refractivity contribution in [1.82, 2.24) is 5.32 Å². The van der Waals surface area contributed by atoms with Crippen LogP contribution in [0.25, 0.3) is 0 Å². The van der Waals surface area contributed by atoms with Crippen LogP contribution in [0.5, 0.6) is 0 Å². The van der Waals surface area contributed by atoms with Crippen molar-refractivity contribution in [2.24, 2.45) is 0 Å². The van der Waals surface area contributed by atoms with Crippen LogP contribution in [0.4, 0.5) is 5.69 Å². The van der Waals surface area contributed by atoms with Gasteiger partial charge in [-0.05, 0) is 12.1 Å². The number of hydrogen-bond donors (Lipinski definition) is 2. The number of para-hydroxylation sites is 1. The van der Waals surface area contributed by atoms with Gasteiger partial charge in [0.2, 0.25) is 5.91 Å². The molecule has 1 fully saturated rings. The van der Waals surface area contributed by atoms with Crippen LogP contribution in [0.1, 0.15) is 6.42 Å². The molecular formula is C11H10N2O2. The topological polar surface area (TPSA) is 58.2 Å². The molecule has 2 N–H and O–H groups in total. The largest absolute Gasteiger partial charge is 0.361 e. The number of imide groups is 1. The monoisotopic (exact) mass is 202 g/mol. The Bertz CT molecular complexity index is 423. The molecule has 4 heteroatoms. The second kappa shape index (κ2) is 3.96. The third kappa shape index (κ3) is 2.22. The van der Waals surface area contributed by atoms with E-state index in [0.29, 0.717) is 5.57 Å². The summed E-state index contributed by atoms with van der Waals surface area (Å²) in [6.45, 7) is 0. The lowest BCUT2D eigenvalue weighted by Crippen LogP contribution is -2.19. The van der Waals surface area contributed by atoms with Crippen molar-refractivity contribution in [2.45, 2.75) is 6.42 Å². The predicted octanol–water partition coefficient (Wildman–Crippen LogP) is 1.03. The summed E-state index contributed by atoms with van der Waals surface area (Å²) in [7, 11) is 0. The molecule has 2 amide bonds. The SMILES string of the molecule is O=C1C/C(=C/Nc2ccccc2)C(=O)N1. The molecule has 0 saturated carbocycles. The van der Waals surface area contributed by atoms with E-state index in [1.807, 2.05) is 30.3 Å². The van der Waals surface area contributed by atoms with Gasteiger partial charge in [-0.1, -0.05) is 18.2 Å². The zero-order valence-electron chi connectivity index (χ0n) is 7.99. The van der Waals surface area contributed by atoms with E-state index in [1.54, 1.807) is 6.20 Å². The number of rotatable bonds is 2. The van der Waals surface area contributed by atoms with Crippen LogP contribution in [-0.2, 0) is 9.59 Å². The van der Waals surface area contributed by atoms with Crippen LogP contribution in [0, 0.1) is 0 Å². The Kier molecular flexibility index (Phi) is 2.49. The summed E-state index contributed by atoms with van der Waals surface area (Å²) < 4.78 is 0. The molecule has 0 aliphatic carbocycles. The van der Waals surface area contributed by atoms with Gasteiger partial charge in [-0.3, -0.25) is 14.9 Å². The van der Waals surface area contributed by atoms with Crippen LogP contribution < -0.4 is 10.6 Å². The van der Waals surface area contributed by atoms with Crippen molar-refractivity contribution in [3.8, 4) is 0 Å². The van der Waals surface area contributed by atoms with Crippen molar-refractivity contribution < 1.29 is 9.59 Å². The van der Waals surface area contributed by atoms with E-state index in [9.17, 15) is 9.59 Å². The molecule has 15 heavy (non-hydrogen) atoms. The molecule has 1 aliphatic heterocycles. The average Bonchev–Trinajstić information content (AvgIpc) is 2.56. The summed E-state index contributed by atoms with van der Waals surface area (Å²) in [5.41, 5.74) is 1.35. The minimum Gasteiger partial charge on any atom is -0.361 e. The molecule has 0 spiro atoms. The highest BCUT2D eigenvalue weighted by Gasteiger charge is 2.23. The summed E-state index contributed by atoms with van der Waals surface area (Å²) in [4.78, 5) is 22.0. The Labute approximate surface area is 87.0 Å². The lowest BCUT2D eigenvalue weighted by molar-refractivity contribution is -0.124. The molecule has 76 valence electrons. The number of carbonyl (C=O) groups excluding carboxylic acids is 2. The van der Waals surface area contributed by atoms with Gasteiger partial charge in [0.15, 0.2) is 0 Å². The van der Waals surface area contributed by atoms with Gasteiger partial charge in [-0.2, -0.15) is 0 Å². The van der Waals surface area contributed by atoms with Crippen molar-refractivity contribution in [3.05, 3.63) is 42.1 Å². The predicted molar refractivity (Wildman–Crippen MR) is 55.9 cm³/mol. The summed E-state index contributed by atoms with van der Waals surface area (Å²) in [5.74, 6) is -0.565. The number of nitrogens with one attached hydrogen (secondary N) is 2. The van der Waals surface area contributed by atoms with Crippen molar-refractivity contribution in [3.63, 3.8) is 0 Å². The van der Waals surface area contributed by atoms with E-state index >= 15 is 0 Å². The maximum absolute atomic E-state index is 11.2. The normalized spacial score (nSPS) is 18.0. The molecule has 0 aromatic heterocycles. The number of anilines is 1. The minimum absolute atomic E-state index is 0.151. The Balaban J connectivity index is 2.06. The fourth-order valence-electron chi connectivity index (χ4n) is 1.33. The number of benzene rings is 1. The molecule has 0 unspecified atom stereocenters. The van der Waals surface area contributed by atoms with E-state index in [2.05, 4.69) is 10.6 Å². The van der Waals surface area contributed by atoms with Gasteiger partial charge in [0.25, 0.3) is 5.91 Å². The first-order chi connectivity index (χ1) is 7.25. The van der Waals surface area contributed by atoms with Gasteiger partial charge in [-0.15, -0.1) is 0 Å². The van der Waals surface area contributed by atoms with Crippen LogP contribution in [0.2, 0.25) is 0 Å². The fourth-order valence-corrected chi connectivity index (χ4v) is 1.33. The maximum atomic E-state index is 11.2. The van der Waals surface area contributed by atoms with E-state index in [0.717, 1.165) is 5.69 Å². The highest BCUT2D eigenvalue weighted by molar-refractivity contribution is 6.13. The summed E-state index contributed by atoms with van der Waals surface area (Å²) in [6, 6.07) is 9.45. The van der Waals surface area contributed by atoms with E-state index in [-0.39, 0.29) is 18.2 Å². The molecule has 0 bridgehead atoms. The molecule has 2 rings (SSSR count). The molecule has 1 aliphatic rings. The first-order valence-electron chi connectivity index (χ1n) is 4.60. The van der Waals surface area contributed by atoms with E-state index in [4.69, 9.17) is 0 Å². The first-order valence-corrected chi connectivity index (χ1v) is 4.60. The highest BCUT2D eigenvalue weighted by atomic mass is 16.2. The number of carbonyl (C=O) groups is 2. The van der Waals surface area contributed by atoms with Gasteiger partial charge in [0.1, 0.15) is 0 Å². The summed E-state index contributed by atoms with van der Waals surface area (Å²) in [5, 5.41) is 5.18. The van der Waals surface area contributed by atoms with Gasteiger partial charge in [0.05, 0.1) is 6.42 Å². The third-order valence-electron chi connectivity index (χ3n) is 2.08. The first kappa shape index (κ1) is 9.45. The Morgan fingerprint density at radius 2 is 1.93 bits per heavy atom. The van der Waals surface area contributed by atoms with Crippen molar-refractivity contribution in [1.29, 1.82) is 0 Å². The lowest BCUT2D eigenvalue weighted by atomic mass is 10.2. The van der Waals surface area contributed by atoms with Crippen LogP contribution in [0.15, 0.2) is 42.1 Å². The van der Waals surface area contributed by atoms with Gasteiger partial charge < -0.3 is 5.32 Å². The van der Waals surface area contributed by atoms with Gasteiger partial charge in [0, 0.05) is 17.5 Å². The molecule has 0 atom stereocenters. The van der Waals surface area contributed by atoms with Crippen molar-refractivity contribution in [2.75, 3.05) is 5.32 Å². The summed E-state index contributed by atoms with van der Waals surface area (Å²) >= 11 is 0. The Morgan fingerprint density at radius 1 is 1.20 bits per heavy atom. The Hall–Kier alpha value is -2.10. The summed E-state index contributed by atoms with van der Waals surface area (Å²) in [6.07, 6.45) is 1.72. The quantitative estimate of drug-likeness (QED) is 0.556. The zero-order chi connectivity index (χ0) is 10.7. The average molecular weight is 202 g/mol. The second-order valence-corrected chi connectivity index (χ2v) is 3.23. The van der Waals surface area contributed by atoms with E-state index < -0.39 is 0 Å². The van der Waals surface area contributed by atoms with E-state index in [1.165, 1.54) is 0 Å². The lowest BCUT2D eigenvalue weighted by Gasteiger charge is -1.99. The van der Waals surface area contributed by atoms with Crippen LogP contribution in [0.3, 0.4) is 0 Å². The molecule has 4 nitrogen and oxygen atoms in total. The van der Waals surface area contributed by atoms with Gasteiger partial charge >= 0.3 is 0 Å². The molecule has 1 heterocycles. The molecule has 1 saturated heterocycles. The molecule has 0 radical (unpaired) electrons.